The van der Waals surface area contributed by atoms with Gasteiger partial charge in [-0.25, -0.2) is 4.98 Å². The second kappa shape index (κ2) is 2.85. The molecule has 1 aromatic carbocycles. The summed E-state index contributed by atoms with van der Waals surface area (Å²) in [6, 6.07) is 3.55. The van der Waals surface area contributed by atoms with Gasteiger partial charge >= 0.3 is 0 Å². The van der Waals surface area contributed by atoms with Crippen LogP contribution in [0.2, 0.25) is 5.02 Å². The molecule has 0 atom stereocenters. The van der Waals surface area contributed by atoms with Crippen LogP contribution in [0.1, 0.15) is 5.56 Å². The van der Waals surface area contributed by atoms with Gasteiger partial charge in [0, 0.05) is 0 Å². The molecule has 1 heterocycles. The summed E-state index contributed by atoms with van der Waals surface area (Å²) in [7, 11) is 0. The highest BCUT2D eigenvalue weighted by atomic mass is 35.5. The fourth-order valence-electron chi connectivity index (χ4n) is 1.28. The number of fused-ring (bicyclic) bond motifs is 1. The lowest BCUT2D eigenvalue weighted by Crippen LogP contribution is -2.07. The highest BCUT2D eigenvalue weighted by Gasteiger charge is 2.05. The van der Waals surface area contributed by atoms with Gasteiger partial charge in [-0.3, -0.25) is 4.79 Å². The van der Waals surface area contributed by atoms with Gasteiger partial charge in [-0.15, -0.1) is 0 Å². The molecule has 3 nitrogen and oxygen atoms in total. The molecule has 0 amide bonds. The molecule has 0 bridgehead atoms. The van der Waals surface area contributed by atoms with Gasteiger partial charge in [0.25, 0.3) is 5.56 Å². The van der Waals surface area contributed by atoms with Crippen LogP contribution in [0.15, 0.2) is 23.3 Å². The smallest absolute Gasteiger partial charge is 0.260 e. The van der Waals surface area contributed by atoms with E-state index in [-0.39, 0.29) is 5.56 Å². The summed E-state index contributed by atoms with van der Waals surface area (Å²) in [5.41, 5.74) is 1.42. The molecule has 4 heteroatoms. The van der Waals surface area contributed by atoms with Crippen molar-refractivity contribution in [3.8, 4) is 0 Å². The summed E-state index contributed by atoms with van der Waals surface area (Å²) in [6.45, 7) is 1.89. The Bertz CT molecular complexity index is 518. The Morgan fingerprint density at radius 1 is 1.46 bits per heavy atom. The van der Waals surface area contributed by atoms with E-state index in [9.17, 15) is 4.79 Å². The van der Waals surface area contributed by atoms with E-state index in [4.69, 9.17) is 11.6 Å². The monoisotopic (exact) mass is 194 g/mol. The van der Waals surface area contributed by atoms with E-state index >= 15 is 0 Å². The van der Waals surface area contributed by atoms with Crippen LogP contribution < -0.4 is 5.56 Å². The Balaban J connectivity index is 3.09. The van der Waals surface area contributed by atoms with Crippen molar-refractivity contribution >= 4 is 22.5 Å². The van der Waals surface area contributed by atoms with Crippen LogP contribution in [0, 0.1) is 6.92 Å². The maximum Gasteiger partial charge on any atom is 0.260 e. The van der Waals surface area contributed by atoms with E-state index in [2.05, 4.69) is 9.97 Å². The first-order valence-electron chi connectivity index (χ1n) is 3.82. The van der Waals surface area contributed by atoms with E-state index in [1.807, 2.05) is 13.0 Å². The molecule has 2 aromatic rings. The van der Waals surface area contributed by atoms with Crippen molar-refractivity contribution in [3.63, 3.8) is 0 Å². The predicted molar refractivity (Wildman–Crippen MR) is 52.1 cm³/mol. The van der Waals surface area contributed by atoms with E-state index in [1.54, 1.807) is 6.07 Å². The molecule has 0 aliphatic rings. The molecule has 0 unspecified atom stereocenters. The molecule has 1 aromatic heterocycles. The van der Waals surface area contributed by atoms with Crippen molar-refractivity contribution in [2.45, 2.75) is 6.92 Å². The van der Waals surface area contributed by atoms with Gasteiger partial charge in [0.15, 0.2) is 0 Å². The van der Waals surface area contributed by atoms with Crippen molar-refractivity contribution in [1.29, 1.82) is 0 Å². The van der Waals surface area contributed by atoms with Crippen LogP contribution in [-0.4, -0.2) is 9.97 Å². The lowest BCUT2D eigenvalue weighted by molar-refractivity contribution is 1.16. The third-order valence-electron chi connectivity index (χ3n) is 1.95. The Hall–Kier alpha value is -1.35. The van der Waals surface area contributed by atoms with Crippen molar-refractivity contribution in [3.05, 3.63) is 39.4 Å². The Labute approximate surface area is 79.4 Å². The lowest BCUT2D eigenvalue weighted by Gasteiger charge is -2.00. The molecular formula is C9H7ClN2O. The third kappa shape index (κ3) is 1.21. The van der Waals surface area contributed by atoms with Gasteiger partial charge in [-0.1, -0.05) is 17.7 Å². The molecule has 0 fully saturated rings. The number of halogens is 1. The standard InChI is InChI=1S/C9H7ClN2O/c1-5-2-3-6(10)7-8(5)11-4-12-9(7)13/h2-4H,1H3,(H,11,12,13). The topological polar surface area (TPSA) is 45.8 Å². The molecule has 66 valence electrons. The number of aromatic amines is 1. The first-order chi connectivity index (χ1) is 6.20. The minimum absolute atomic E-state index is 0.196. The molecule has 1 N–H and O–H groups in total. The molecule has 0 saturated carbocycles. The fraction of sp³-hybridized carbons (Fsp3) is 0.111. The molecule has 0 saturated heterocycles. The minimum atomic E-state index is -0.196. The molecule has 2 rings (SSSR count). The second-order valence-corrected chi connectivity index (χ2v) is 3.23. The van der Waals surface area contributed by atoms with Gasteiger partial charge in [-0.2, -0.15) is 0 Å². The van der Waals surface area contributed by atoms with E-state index in [0.717, 1.165) is 5.56 Å². The molecule has 0 aliphatic heterocycles. The molecule has 0 spiro atoms. The molecule has 0 aliphatic carbocycles. The van der Waals surface area contributed by atoms with Crippen LogP contribution in [-0.2, 0) is 0 Å². The summed E-state index contributed by atoms with van der Waals surface area (Å²) in [5.74, 6) is 0. The minimum Gasteiger partial charge on any atom is -0.313 e. The zero-order valence-corrected chi connectivity index (χ0v) is 7.72. The summed E-state index contributed by atoms with van der Waals surface area (Å²) in [4.78, 5) is 17.9. The normalized spacial score (nSPS) is 10.6. The summed E-state index contributed by atoms with van der Waals surface area (Å²) < 4.78 is 0. The van der Waals surface area contributed by atoms with Gasteiger partial charge in [-0.05, 0) is 18.6 Å². The molecular weight excluding hydrogens is 188 g/mol. The average Bonchev–Trinajstić information content (AvgIpc) is 2.12. The van der Waals surface area contributed by atoms with Crippen molar-refractivity contribution in [2.24, 2.45) is 0 Å². The molecule has 0 radical (unpaired) electrons. The number of aryl methyl sites for hydroxylation is 1. The van der Waals surface area contributed by atoms with Crippen molar-refractivity contribution in [2.75, 3.05) is 0 Å². The Morgan fingerprint density at radius 2 is 2.23 bits per heavy atom. The first kappa shape index (κ1) is 8.26. The maximum absolute atomic E-state index is 11.4. The predicted octanol–water partition coefficient (Wildman–Crippen LogP) is 1.88. The number of benzene rings is 1. The zero-order chi connectivity index (χ0) is 9.42. The van der Waals surface area contributed by atoms with Gasteiger partial charge in [0.05, 0.1) is 22.3 Å². The summed E-state index contributed by atoms with van der Waals surface area (Å²) >= 11 is 5.87. The number of aromatic nitrogens is 2. The van der Waals surface area contributed by atoms with Crippen molar-refractivity contribution < 1.29 is 0 Å². The SMILES string of the molecule is Cc1ccc(Cl)c2c(=O)[nH]cnc12. The van der Waals surface area contributed by atoms with E-state index in [0.29, 0.717) is 15.9 Å². The highest BCUT2D eigenvalue weighted by Crippen LogP contribution is 2.20. The van der Waals surface area contributed by atoms with E-state index in [1.165, 1.54) is 6.33 Å². The third-order valence-corrected chi connectivity index (χ3v) is 2.26. The number of nitrogens with one attached hydrogen (secondary N) is 1. The number of rotatable bonds is 0. The number of nitrogens with zero attached hydrogens (tertiary/aromatic N) is 1. The van der Waals surface area contributed by atoms with Crippen LogP contribution in [0.5, 0.6) is 0 Å². The van der Waals surface area contributed by atoms with Gasteiger partial charge in [0.2, 0.25) is 0 Å². The van der Waals surface area contributed by atoms with Gasteiger partial charge < -0.3 is 4.98 Å². The highest BCUT2D eigenvalue weighted by molar-refractivity contribution is 6.35. The van der Waals surface area contributed by atoms with Crippen molar-refractivity contribution in [1.82, 2.24) is 9.97 Å². The average molecular weight is 195 g/mol. The second-order valence-electron chi connectivity index (χ2n) is 2.82. The summed E-state index contributed by atoms with van der Waals surface area (Å²) in [6.07, 6.45) is 1.38. The van der Waals surface area contributed by atoms with Crippen LogP contribution in [0.4, 0.5) is 0 Å². The van der Waals surface area contributed by atoms with Gasteiger partial charge in [0.1, 0.15) is 0 Å². The van der Waals surface area contributed by atoms with E-state index < -0.39 is 0 Å². The number of H-pyrrole nitrogens is 1. The quantitative estimate of drug-likeness (QED) is 0.696. The number of hydrogen-bond acceptors (Lipinski definition) is 2. The Kier molecular flexibility index (Phi) is 1.81. The van der Waals surface area contributed by atoms with Crippen LogP contribution in [0.3, 0.4) is 0 Å². The summed E-state index contributed by atoms with van der Waals surface area (Å²) in [5, 5.41) is 0.902. The largest absolute Gasteiger partial charge is 0.313 e. The lowest BCUT2D eigenvalue weighted by atomic mass is 10.1. The first-order valence-corrected chi connectivity index (χ1v) is 4.20. The number of hydrogen-bond donors (Lipinski definition) is 1. The van der Waals surface area contributed by atoms with Crippen LogP contribution in [0.25, 0.3) is 10.9 Å². The molecule has 13 heavy (non-hydrogen) atoms. The maximum atomic E-state index is 11.4. The van der Waals surface area contributed by atoms with Crippen LogP contribution >= 0.6 is 11.6 Å². The Morgan fingerprint density at radius 3 is 2.92 bits per heavy atom. The zero-order valence-electron chi connectivity index (χ0n) is 6.97. The fourth-order valence-corrected chi connectivity index (χ4v) is 1.52.